The molecule has 0 aromatic rings. The van der Waals surface area contributed by atoms with Gasteiger partial charge in [-0.05, 0) is 70.9 Å². The van der Waals surface area contributed by atoms with Gasteiger partial charge in [0, 0.05) is 13.1 Å². The number of amides is 2. The monoisotopic (exact) mass is 381 g/mol. The Morgan fingerprint density at radius 3 is 2.26 bits per heavy atom. The Morgan fingerprint density at radius 2 is 1.70 bits per heavy atom. The van der Waals surface area contributed by atoms with Crippen LogP contribution >= 0.6 is 30.5 Å². The van der Waals surface area contributed by atoms with Gasteiger partial charge in [-0.1, -0.05) is 12.8 Å². The summed E-state index contributed by atoms with van der Waals surface area (Å²) in [7, 11) is 4.79. The van der Waals surface area contributed by atoms with Crippen LogP contribution in [0.4, 0.5) is 4.79 Å². The number of hydrogen-bond acceptors (Lipinski definition) is 4. The smallest absolute Gasteiger partial charge is 0.315 e. The van der Waals surface area contributed by atoms with Crippen LogP contribution in [0.15, 0.2) is 0 Å². The van der Waals surface area contributed by atoms with Gasteiger partial charge in [-0.2, -0.15) is 11.8 Å². The molecule has 0 aromatic heterocycles. The van der Waals surface area contributed by atoms with Crippen LogP contribution < -0.4 is 5.32 Å². The molecule has 2 unspecified atom stereocenters. The zero-order valence-electron chi connectivity index (χ0n) is 14.9. The van der Waals surface area contributed by atoms with Gasteiger partial charge in [0.1, 0.15) is 5.54 Å². The van der Waals surface area contributed by atoms with Gasteiger partial charge < -0.3 is 9.99 Å². The highest BCUT2D eigenvalue weighted by Crippen LogP contribution is 2.23. The Balaban J connectivity index is 3.87. The first-order chi connectivity index (χ1) is 10.7. The Bertz CT molecular complexity index is 371. The van der Waals surface area contributed by atoms with Crippen LogP contribution in [-0.2, 0) is 4.79 Å². The fraction of sp³-hybridized carbons (Fsp3) is 0.867. The Hall–Kier alpha value is 0.110. The van der Waals surface area contributed by atoms with Gasteiger partial charge in [-0.15, -0.1) is 0 Å². The van der Waals surface area contributed by atoms with Crippen LogP contribution in [0.3, 0.4) is 0 Å². The quantitative estimate of drug-likeness (QED) is 0.417. The molecule has 0 aliphatic heterocycles. The van der Waals surface area contributed by atoms with Crippen LogP contribution in [0.5, 0.6) is 0 Å². The number of Topliss-reactive ketones (excluding diaryl/α,β-unsaturated/α-hetero) is 1. The number of urea groups is 1. The molecular formula is C15H33N3O2P2S. The standard InChI is InChI=1S/C15H33N3O2P2S/c1-13(19)15(2,3)18(22)14(20)17(21)11-10-16-9-7-5-6-8-12-23-4/h16H,5-12,21-22H2,1-4H3. The van der Waals surface area contributed by atoms with Crippen molar-refractivity contribution in [3.63, 3.8) is 0 Å². The maximum atomic E-state index is 12.3. The predicted molar refractivity (Wildman–Crippen MR) is 108 cm³/mol. The lowest BCUT2D eigenvalue weighted by Crippen LogP contribution is -2.50. The fourth-order valence-electron chi connectivity index (χ4n) is 1.82. The van der Waals surface area contributed by atoms with Crippen LogP contribution in [-0.4, -0.2) is 58.3 Å². The maximum absolute atomic E-state index is 12.3. The van der Waals surface area contributed by atoms with Crippen molar-refractivity contribution < 1.29 is 9.59 Å². The minimum atomic E-state index is -0.819. The molecule has 0 fully saturated rings. The topological polar surface area (TPSA) is 52.7 Å². The number of thioether (sulfide) groups is 1. The van der Waals surface area contributed by atoms with Crippen LogP contribution in [0.25, 0.3) is 0 Å². The van der Waals surface area contributed by atoms with Crippen molar-refractivity contribution in [2.45, 2.75) is 52.0 Å². The molecule has 0 radical (unpaired) electrons. The second-order valence-corrected chi connectivity index (χ2v) is 8.24. The van der Waals surface area contributed by atoms with Gasteiger partial charge in [0.05, 0.1) is 0 Å². The minimum Gasteiger partial charge on any atom is -0.315 e. The summed E-state index contributed by atoms with van der Waals surface area (Å²) in [6.45, 7) is 7.31. The third kappa shape index (κ3) is 9.24. The molecule has 0 rings (SSSR count). The summed E-state index contributed by atoms with van der Waals surface area (Å²) in [6.07, 6.45) is 7.16. The van der Waals surface area contributed by atoms with Crippen molar-refractivity contribution in [1.29, 1.82) is 0 Å². The molecule has 0 bridgehead atoms. The number of nitrogens with zero attached hydrogens (tertiary/aromatic N) is 2. The Labute approximate surface area is 150 Å². The molecule has 0 aliphatic carbocycles. The van der Waals surface area contributed by atoms with Gasteiger partial charge in [0.15, 0.2) is 5.78 Å². The van der Waals surface area contributed by atoms with Gasteiger partial charge in [0.25, 0.3) is 0 Å². The van der Waals surface area contributed by atoms with Gasteiger partial charge in [0.2, 0.25) is 0 Å². The highest BCUT2D eigenvalue weighted by Gasteiger charge is 2.33. The molecule has 136 valence electrons. The maximum Gasteiger partial charge on any atom is 0.326 e. The largest absolute Gasteiger partial charge is 0.326 e. The molecule has 23 heavy (non-hydrogen) atoms. The summed E-state index contributed by atoms with van der Waals surface area (Å²) in [5, 5.41) is 3.36. The third-order valence-corrected chi connectivity index (χ3v) is 5.94. The van der Waals surface area contributed by atoms with Crippen molar-refractivity contribution in [3.05, 3.63) is 0 Å². The van der Waals surface area contributed by atoms with Gasteiger partial charge >= 0.3 is 6.03 Å². The van der Waals surface area contributed by atoms with Crippen molar-refractivity contribution in [2.24, 2.45) is 0 Å². The molecule has 0 aliphatic rings. The van der Waals surface area contributed by atoms with Gasteiger partial charge in [-0.3, -0.25) is 9.46 Å². The SMILES string of the molecule is CSCCCCCCNCCN(P)C(=O)N(P)C(C)(C)C(C)=O. The number of unbranched alkanes of at least 4 members (excludes halogenated alkanes) is 3. The number of carbonyl (C=O) groups excluding carboxylic acids is 2. The van der Waals surface area contributed by atoms with E-state index in [4.69, 9.17) is 0 Å². The van der Waals surface area contributed by atoms with Crippen molar-refractivity contribution in [1.82, 2.24) is 14.7 Å². The summed E-state index contributed by atoms with van der Waals surface area (Å²) >= 11 is 1.90. The summed E-state index contributed by atoms with van der Waals surface area (Å²) in [4.78, 5) is 23.9. The van der Waals surface area contributed by atoms with Gasteiger partial charge in [-0.25, -0.2) is 4.79 Å². The summed E-state index contributed by atoms with van der Waals surface area (Å²) in [6, 6.07) is -0.195. The lowest BCUT2D eigenvalue weighted by molar-refractivity contribution is -0.123. The molecule has 0 saturated heterocycles. The van der Waals surface area contributed by atoms with Crippen LogP contribution in [0.2, 0.25) is 0 Å². The first-order valence-corrected chi connectivity index (χ1v) is 10.5. The van der Waals surface area contributed by atoms with E-state index in [1.165, 1.54) is 43.0 Å². The molecule has 0 saturated carbocycles. The number of rotatable bonds is 12. The van der Waals surface area contributed by atoms with Crippen molar-refractivity contribution in [2.75, 3.05) is 31.6 Å². The summed E-state index contributed by atoms with van der Waals surface area (Å²) < 4.78 is 2.97. The Kier molecular flexibility index (Phi) is 12.5. The summed E-state index contributed by atoms with van der Waals surface area (Å²) in [5.41, 5.74) is -0.819. The lowest BCUT2D eigenvalue weighted by atomic mass is 10.0. The second-order valence-electron chi connectivity index (χ2n) is 6.12. The van der Waals surface area contributed by atoms with E-state index < -0.39 is 5.54 Å². The predicted octanol–water partition coefficient (Wildman–Crippen LogP) is 3.17. The number of nitrogens with one attached hydrogen (secondary N) is 1. The van der Waals surface area contributed by atoms with E-state index in [0.29, 0.717) is 6.54 Å². The van der Waals surface area contributed by atoms with E-state index in [-0.39, 0.29) is 11.8 Å². The molecule has 2 atom stereocenters. The van der Waals surface area contributed by atoms with E-state index in [1.807, 2.05) is 11.8 Å². The van der Waals surface area contributed by atoms with E-state index in [2.05, 4.69) is 30.4 Å². The lowest BCUT2D eigenvalue weighted by Gasteiger charge is -2.35. The molecular weight excluding hydrogens is 348 g/mol. The average Bonchev–Trinajstić information content (AvgIpc) is 2.51. The highest BCUT2D eigenvalue weighted by atomic mass is 32.2. The molecule has 5 nitrogen and oxygen atoms in total. The highest BCUT2D eigenvalue weighted by molar-refractivity contribution is 7.98. The first kappa shape index (κ1) is 23.1. The minimum absolute atomic E-state index is 0.0427. The fourth-order valence-corrected chi connectivity index (χ4v) is 3.03. The molecule has 0 heterocycles. The average molecular weight is 381 g/mol. The first-order valence-electron chi connectivity index (χ1n) is 8.07. The molecule has 2 amide bonds. The van der Waals surface area contributed by atoms with Crippen LogP contribution in [0.1, 0.15) is 46.5 Å². The third-order valence-electron chi connectivity index (χ3n) is 3.90. The normalized spacial score (nSPS) is 11.4. The molecule has 1 N–H and O–H groups in total. The van der Waals surface area contributed by atoms with Crippen molar-refractivity contribution >= 4 is 42.4 Å². The summed E-state index contributed by atoms with van der Waals surface area (Å²) in [5.74, 6) is 1.21. The number of hydrogen-bond donors (Lipinski definition) is 1. The zero-order valence-corrected chi connectivity index (χ0v) is 18.1. The van der Waals surface area contributed by atoms with E-state index in [9.17, 15) is 9.59 Å². The molecule has 0 aromatic carbocycles. The van der Waals surface area contributed by atoms with E-state index >= 15 is 0 Å². The van der Waals surface area contributed by atoms with E-state index in [0.717, 1.165) is 13.1 Å². The van der Waals surface area contributed by atoms with Crippen LogP contribution in [0, 0.1) is 0 Å². The molecule has 8 heteroatoms. The number of ketones is 1. The zero-order chi connectivity index (χ0) is 17.9. The van der Waals surface area contributed by atoms with Crippen molar-refractivity contribution in [3.8, 4) is 0 Å². The van der Waals surface area contributed by atoms with E-state index in [1.54, 1.807) is 18.5 Å². The Morgan fingerprint density at radius 1 is 1.09 bits per heavy atom. The number of carbonyl (C=O) groups is 2. The molecule has 0 spiro atoms. The second kappa shape index (κ2) is 12.5.